The van der Waals surface area contributed by atoms with E-state index in [0.717, 1.165) is 11.3 Å². The summed E-state index contributed by atoms with van der Waals surface area (Å²) in [5.41, 5.74) is 1.82. The van der Waals surface area contributed by atoms with Crippen molar-refractivity contribution in [2.45, 2.75) is 32.6 Å². The zero-order valence-electron chi connectivity index (χ0n) is 10.1. The Bertz CT molecular complexity index is 383. The predicted octanol–water partition coefficient (Wildman–Crippen LogP) is 1.57. The third-order valence-electron chi connectivity index (χ3n) is 2.45. The van der Waals surface area contributed by atoms with Gasteiger partial charge < -0.3 is 9.84 Å². The second kappa shape index (κ2) is 5.01. The van der Waals surface area contributed by atoms with E-state index in [0.29, 0.717) is 12.3 Å². The number of hydrogen-bond donors (Lipinski definition) is 1. The lowest BCUT2D eigenvalue weighted by atomic mass is 10.0. The van der Waals surface area contributed by atoms with Crippen molar-refractivity contribution in [2.24, 2.45) is 7.05 Å². The van der Waals surface area contributed by atoms with Gasteiger partial charge in [0.25, 0.3) is 0 Å². The molecular weight excluding hydrogens is 208 g/mol. The fraction of sp³-hybridized carbons (Fsp3) is 0.636. The number of aromatic nitrogens is 2. The molecule has 0 aromatic carbocycles. The Morgan fingerprint density at radius 1 is 1.56 bits per heavy atom. The molecule has 0 spiro atoms. The molecule has 0 saturated heterocycles. The summed E-state index contributed by atoms with van der Waals surface area (Å²) in [5.74, 6) is 0.115. The standard InChI is InChI=1S/C11H18N2O3/c1-7(2)10-8(5-6-9(14)15)11(16-4)13(3)12-10/h7H,5-6H2,1-4H3,(H,14,15). The molecule has 1 heterocycles. The second-order valence-corrected chi connectivity index (χ2v) is 4.05. The summed E-state index contributed by atoms with van der Waals surface area (Å²) in [6.45, 7) is 4.07. The Morgan fingerprint density at radius 2 is 2.19 bits per heavy atom. The number of hydrogen-bond acceptors (Lipinski definition) is 3. The molecule has 0 atom stereocenters. The van der Waals surface area contributed by atoms with Crippen LogP contribution in [0.1, 0.15) is 37.4 Å². The molecule has 1 rings (SSSR count). The highest BCUT2D eigenvalue weighted by Crippen LogP contribution is 2.28. The molecule has 16 heavy (non-hydrogen) atoms. The van der Waals surface area contributed by atoms with E-state index in [1.807, 2.05) is 13.8 Å². The minimum absolute atomic E-state index is 0.0990. The lowest BCUT2D eigenvalue weighted by Gasteiger charge is -2.06. The Hall–Kier alpha value is -1.52. The number of methoxy groups -OCH3 is 1. The maximum Gasteiger partial charge on any atom is 0.303 e. The minimum Gasteiger partial charge on any atom is -0.481 e. The summed E-state index contributed by atoms with van der Waals surface area (Å²) < 4.78 is 6.91. The number of aliphatic carboxylic acids is 1. The Kier molecular flexibility index (Phi) is 3.93. The van der Waals surface area contributed by atoms with E-state index < -0.39 is 5.97 Å². The zero-order valence-corrected chi connectivity index (χ0v) is 10.1. The van der Waals surface area contributed by atoms with Crippen LogP contribution < -0.4 is 4.74 Å². The lowest BCUT2D eigenvalue weighted by Crippen LogP contribution is -2.02. The molecule has 0 aliphatic heterocycles. The first-order valence-electron chi connectivity index (χ1n) is 5.29. The zero-order chi connectivity index (χ0) is 12.3. The first-order valence-corrected chi connectivity index (χ1v) is 5.29. The van der Waals surface area contributed by atoms with E-state index in [1.54, 1.807) is 18.8 Å². The first-order chi connectivity index (χ1) is 7.47. The quantitative estimate of drug-likeness (QED) is 0.827. The van der Waals surface area contributed by atoms with Crippen LogP contribution in [-0.4, -0.2) is 28.0 Å². The van der Waals surface area contributed by atoms with Gasteiger partial charge in [0, 0.05) is 19.0 Å². The van der Waals surface area contributed by atoms with E-state index in [1.165, 1.54) is 0 Å². The van der Waals surface area contributed by atoms with Crippen molar-refractivity contribution in [3.8, 4) is 5.88 Å². The summed E-state index contributed by atoms with van der Waals surface area (Å²) in [6, 6.07) is 0. The highest BCUT2D eigenvalue weighted by molar-refractivity contribution is 5.67. The molecule has 5 nitrogen and oxygen atoms in total. The van der Waals surface area contributed by atoms with Gasteiger partial charge in [-0.05, 0) is 12.3 Å². The van der Waals surface area contributed by atoms with Crippen LogP contribution in [0.2, 0.25) is 0 Å². The summed E-state index contributed by atoms with van der Waals surface area (Å²) >= 11 is 0. The summed E-state index contributed by atoms with van der Waals surface area (Å²) in [6.07, 6.45) is 0.557. The van der Waals surface area contributed by atoms with E-state index in [4.69, 9.17) is 9.84 Å². The topological polar surface area (TPSA) is 64.3 Å². The van der Waals surface area contributed by atoms with Crippen LogP contribution in [0.4, 0.5) is 0 Å². The summed E-state index contributed by atoms with van der Waals surface area (Å²) in [5, 5.41) is 13.1. The van der Waals surface area contributed by atoms with Gasteiger partial charge in [0.15, 0.2) is 0 Å². The van der Waals surface area contributed by atoms with Crippen LogP contribution in [0.3, 0.4) is 0 Å². The van der Waals surface area contributed by atoms with Gasteiger partial charge in [-0.2, -0.15) is 5.10 Å². The molecule has 1 aromatic heterocycles. The molecule has 1 N–H and O–H groups in total. The third kappa shape index (κ3) is 2.53. The summed E-state index contributed by atoms with van der Waals surface area (Å²) in [4.78, 5) is 10.6. The van der Waals surface area contributed by atoms with Gasteiger partial charge in [0.2, 0.25) is 5.88 Å². The molecule has 0 amide bonds. The van der Waals surface area contributed by atoms with E-state index >= 15 is 0 Å². The van der Waals surface area contributed by atoms with Crippen molar-refractivity contribution in [1.82, 2.24) is 9.78 Å². The number of carbonyl (C=O) groups is 1. The van der Waals surface area contributed by atoms with Gasteiger partial charge in [-0.15, -0.1) is 0 Å². The maximum absolute atomic E-state index is 10.6. The molecule has 0 saturated carbocycles. The Balaban J connectivity index is 3.05. The number of carboxylic acids is 1. The van der Waals surface area contributed by atoms with Gasteiger partial charge in [0.1, 0.15) is 0 Å². The van der Waals surface area contributed by atoms with Crippen molar-refractivity contribution in [3.05, 3.63) is 11.3 Å². The van der Waals surface area contributed by atoms with Crippen LogP contribution in [0.15, 0.2) is 0 Å². The molecule has 1 aromatic rings. The van der Waals surface area contributed by atoms with Gasteiger partial charge >= 0.3 is 5.97 Å². The fourth-order valence-corrected chi connectivity index (χ4v) is 1.76. The van der Waals surface area contributed by atoms with Crippen LogP contribution >= 0.6 is 0 Å². The smallest absolute Gasteiger partial charge is 0.303 e. The highest BCUT2D eigenvalue weighted by Gasteiger charge is 2.19. The Labute approximate surface area is 95.0 Å². The normalized spacial score (nSPS) is 10.8. The summed E-state index contributed by atoms with van der Waals surface area (Å²) in [7, 11) is 3.38. The van der Waals surface area contributed by atoms with Crippen molar-refractivity contribution in [3.63, 3.8) is 0 Å². The molecule has 0 aliphatic carbocycles. The second-order valence-electron chi connectivity index (χ2n) is 4.05. The lowest BCUT2D eigenvalue weighted by molar-refractivity contribution is -0.136. The highest BCUT2D eigenvalue weighted by atomic mass is 16.5. The van der Waals surface area contributed by atoms with E-state index in [-0.39, 0.29) is 12.3 Å². The molecule has 0 bridgehead atoms. The largest absolute Gasteiger partial charge is 0.481 e. The fourth-order valence-electron chi connectivity index (χ4n) is 1.76. The molecule has 5 heteroatoms. The number of carboxylic acid groups (broad SMARTS) is 1. The van der Waals surface area contributed by atoms with Crippen LogP contribution in [0.25, 0.3) is 0 Å². The maximum atomic E-state index is 10.6. The van der Waals surface area contributed by atoms with Crippen LogP contribution in [-0.2, 0) is 18.3 Å². The van der Waals surface area contributed by atoms with Crippen molar-refractivity contribution in [2.75, 3.05) is 7.11 Å². The van der Waals surface area contributed by atoms with Gasteiger partial charge in [0.05, 0.1) is 12.8 Å². The molecular formula is C11H18N2O3. The van der Waals surface area contributed by atoms with Gasteiger partial charge in [-0.25, -0.2) is 4.68 Å². The van der Waals surface area contributed by atoms with Gasteiger partial charge in [-0.1, -0.05) is 13.8 Å². The Morgan fingerprint density at radius 3 is 2.62 bits per heavy atom. The van der Waals surface area contributed by atoms with E-state index in [9.17, 15) is 4.79 Å². The first kappa shape index (κ1) is 12.5. The van der Waals surface area contributed by atoms with Crippen molar-refractivity contribution < 1.29 is 14.6 Å². The average Bonchev–Trinajstić information content (AvgIpc) is 2.51. The van der Waals surface area contributed by atoms with Crippen LogP contribution in [0, 0.1) is 0 Å². The van der Waals surface area contributed by atoms with Crippen molar-refractivity contribution >= 4 is 5.97 Å². The van der Waals surface area contributed by atoms with Crippen LogP contribution in [0.5, 0.6) is 5.88 Å². The average molecular weight is 226 g/mol. The number of rotatable bonds is 5. The number of ether oxygens (including phenoxy) is 1. The SMILES string of the molecule is COc1c(CCC(=O)O)c(C(C)C)nn1C. The van der Waals surface area contributed by atoms with Gasteiger partial charge in [-0.3, -0.25) is 4.79 Å². The van der Waals surface area contributed by atoms with E-state index in [2.05, 4.69) is 5.10 Å². The third-order valence-corrected chi connectivity index (χ3v) is 2.45. The van der Waals surface area contributed by atoms with Crippen molar-refractivity contribution in [1.29, 1.82) is 0 Å². The molecule has 0 fully saturated rings. The predicted molar refractivity (Wildman–Crippen MR) is 59.8 cm³/mol. The minimum atomic E-state index is -0.805. The molecule has 0 aliphatic rings. The molecule has 90 valence electrons. The monoisotopic (exact) mass is 226 g/mol. The molecule has 0 unspecified atom stereocenters. The molecule has 0 radical (unpaired) electrons. The number of aryl methyl sites for hydroxylation is 1. The number of nitrogens with zero attached hydrogens (tertiary/aromatic N) is 2.